The van der Waals surface area contributed by atoms with E-state index in [-0.39, 0.29) is 12.4 Å². The summed E-state index contributed by atoms with van der Waals surface area (Å²) in [6.45, 7) is 6.08. The minimum absolute atomic E-state index is 0.289. The first-order valence-electron chi connectivity index (χ1n) is 8.35. The third-order valence-electron chi connectivity index (χ3n) is 3.95. The lowest BCUT2D eigenvalue weighted by Crippen LogP contribution is -1.95. The fourth-order valence-electron chi connectivity index (χ4n) is 2.52. The molecule has 0 fully saturated rings. The predicted molar refractivity (Wildman–Crippen MR) is 103 cm³/mol. The van der Waals surface area contributed by atoms with Crippen LogP contribution in [-0.4, -0.2) is 21.6 Å². The Morgan fingerprint density at radius 1 is 1.22 bits per heavy atom. The molecule has 0 bridgehead atoms. The molecule has 5 nitrogen and oxygen atoms in total. The zero-order valence-corrected chi connectivity index (χ0v) is 15.2. The molecule has 0 saturated heterocycles. The van der Waals surface area contributed by atoms with E-state index in [0.29, 0.717) is 11.5 Å². The van der Waals surface area contributed by atoms with E-state index < -0.39 is 0 Å². The van der Waals surface area contributed by atoms with E-state index in [1.807, 2.05) is 30.0 Å². The Kier molecular flexibility index (Phi) is 5.66. The van der Waals surface area contributed by atoms with Gasteiger partial charge in [-0.2, -0.15) is 0 Å². The second-order valence-electron chi connectivity index (χ2n) is 5.83. The van der Waals surface area contributed by atoms with Gasteiger partial charge in [-0.1, -0.05) is 12.7 Å². The van der Waals surface area contributed by atoms with E-state index in [9.17, 15) is 4.39 Å². The van der Waals surface area contributed by atoms with Crippen molar-refractivity contribution in [1.29, 1.82) is 0 Å². The minimum Gasteiger partial charge on any atom is -0.495 e. The monoisotopic (exact) mass is 365 g/mol. The van der Waals surface area contributed by atoms with Crippen LogP contribution in [0.1, 0.15) is 17.1 Å². The number of halogens is 1. The van der Waals surface area contributed by atoms with Crippen LogP contribution in [0.25, 0.3) is 11.8 Å². The van der Waals surface area contributed by atoms with Gasteiger partial charge in [0.2, 0.25) is 0 Å². The molecule has 0 saturated carbocycles. The van der Waals surface area contributed by atoms with Gasteiger partial charge < -0.3 is 14.0 Å². The van der Waals surface area contributed by atoms with Crippen molar-refractivity contribution in [2.75, 3.05) is 7.11 Å². The largest absolute Gasteiger partial charge is 0.495 e. The number of pyridine rings is 1. The summed E-state index contributed by atoms with van der Waals surface area (Å²) in [6, 6.07) is 7.79. The molecule has 0 aliphatic rings. The number of hydrogen-bond donors (Lipinski definition) is 0. The van der Waals surface area contributed by atoms with Gasteiger partial charge in [0, 0.05) is 24.2 Å². The number of methoxy groups -OCH3 is 1. The SMILES string of the molecule is C=C/C(=C\n1cc(COc2ccc(F)cc2)nc1C)c1cncc(OC)c1. The number of ether oxygens (including phenoxy) is 2. The van der Waals surface area contributed by atoms with Gasteiger partial charge in [0.05, 0.1) is 19.0 Å². The molecule has 6 heteroatoms. The van der Waals surface area contributed by atoms with Crippen LogP contribution >= 0.6 is 0 Å². The average molecular weight is 365 g/mol. The van der Waals surface area contributed by atoms with Crippen molar-refractivity contribution >= 4 is 11.8 Å². The molecular formula is C21H20FN3O2. The van der Waals surface area contributed by atoms with Gasteiger partial charge in [-0.25, -0.2) is 9.37 Å². The number of rotatable bonds is 7. The van der Waals surface area contributed by atoms with E-state index in [1.54, 1.807) is 37.7 Å². The molecule has 0 aliphatic heterocycles. The van der Waals surface area contributed by atoms with Crippen LogP contribution in [0.4, 0.5) is 4.39 Å². The van der Waals surface area contributed by atoms with Crippen LogP contribution < -0.4 is 9.47 Å². The summed E-state index contributed by atoms with van der Waals surface area (Å²) in [7, 11) is 1.60. The van der Waals surface area contributed by atoms with Crippen molar-refractivity contribution in [3.8, 4) is 11.5 Å². The molecule has 0 radical (unpaired) electrons. The summed E-state index contributed by atoms with van der Waals surface area (Å²) in [6.07, 6.45) is 8.96. The fourth-order valence-corrected chi connectivity index (χ4v) is 2.52. The Balaban J connectivity index is 1.78. The molecular weight excluding hydrogens is 345 g/mol. The first-order chi connectivity index (χ1) is 13.1. The zero-order valence-electron chi connectivity index (χ0n) is 15.2. The summed E-state index contributed by atoms with van der Waals surface area (Å²) in [5.74, 6) is 1.78. The molecule has 0 unspecified atom stereocenters. The van der Waals surface area contributed by atoms with Gasteiger partial charge in [-0.3, -0.25) is 4.98 Å². The maximum absolute atomic E-state index is 13.0. The van der Waals surface area contributed by atoms with Crippen molar-refractivity contribution in [1.82, 2.24) is 14.5 Å². The summed E-state index contributed by atoms with van der Waals surface area (Å²) < 4.78 is 25.7. The second-order valence-corrected chi connectivity index (χ2v) is 5.83. The molecule has 3 rings (SSSR count). The summed E-state index contributed by atoms with van der Waals surface area (Å²) >= 11 is 0. The highest BCUT2D eigenvalue weighted by Gasteiger charge is 2.06. The first-order valence-corrected chi connectivity index (χ1v) is 8.35. The minimum atomic E-state index is -0.295. The van der Waals surface area contributed by atoms with E-state index in [4.69, 9.17) is 9.47 Å². The van der Waals surface area contributed by atoms with Gasteiger partial charge >= 0.3 is 0 Å². The lowest BCUT2D eigenvalue weighted by atomic mass is 10.1. The van der Waals surface area contributed by atoms with Crippen molar-refractivity contribution in [3.05, 3.63) is 84.5 Å². The quantitative estimate of drug-likeness (QED) is 0.579. The van der Waals surface area contributed by atoms with Gasteiger partial charge in [0.25, 0.3) is 0 Å². The highest BCUT2D eigenvalue weighted by atomic mass is 19.1. The third-order valence-corrected chi connectivity index (χ3v) is 3.95. The molecule has 1 aromatic carbocycles. The average Bonchev–Trinajstić information content (AvgIpc) is 3.05. The van der Waals surface area contributed by atoms with Gasteiger partial charge in [0.15, 0.2) is 0 Å². The smallest absolute Gasteiger partial charge is 0.137 e. The number of nitrogens with zero attached hydrogens (tertiary/aromatic N) is 3. The van der Waals surface area contributed by atoms with Gasteiger partial charge in [0.1, 0.15) is 29.7 Å². The molecule has 0 N–H and O–H groups in total. The first kappa shape index (κ1) is 18.4. The molecule has 2 heterocycles. The Bertz CT molecular complexity index is 962. The Morgan fingerprint density at radius 2 is 2.00 bits per heavy atom. The maximum Gasteiger partial charge on any atom is 0.137 e. The van der Waals surface area contributed by atoms with Gasteiger partial charge in [-0.15, -0.1) is 0 Å². The van der Waals surface area contributed by atoms with E-state index in [2.05, 4.69) is 16.5 Å². The second kappa shape index (κ2) is 8.31. The molecule has 2 aromatic heterocycles. The molecule has 0 atom stereocenters. The highest BCUT2D eigenvalue weighted by molar-refractivity contribution is 5.82. The molecule has 27 heavy (non-hydrogen) atoms. The normalized spacial score (nSPS) is 11.3. The molecule has 0 spiro atoms. The van der Waals surface area contributed by atoms with E-state index in [0.717, 1.165) is 22.7 Å². The number of hydrogen-bond acceptors (Lipinski definition) is 4. The van der Waals surface area contributed by atoms with Crippen LogP contribution in [0.2, 0.25) is 0 Å². The Hall–Kier alpha value is -3.41. The van der Waals surface area contributed by atoms with Crippen molar-refractivity contribution in [2.45, 2.75) is 13.5 Å². The number of imidazole rings is 1. The van der Waals surface area contributed by atoms with Crippen molar-refractivity contribution in [2.24, 2.45) is 0 Å². The summed E-state index contributed by atoms with van der Waals surface area (Å²) in [5, 5.41) is 0. The molecule has 0 aliphatic carbocycles. The lowest BCUT2D eigenvalue weighted by molar-refractivity contribution is 0.301. The fraction of sp³-hybridized carbons (Fsp3) is 0.143. The highest BCUT2D eigenvalue weighted by Crippen LogP contribution is 2.21. The summed E-state index contributed by atoms with van der Waals surface area (Å²) in [4.78, 5) is 8.68. The number of aromatic nitrogens is 3. The van der Waals surface area contributed by atoms with Crippen molar-refractivity contribution in [3.63, 3.8) is 0 Å². The number of aryl methyl sites for hydroxylation is 1. The number of allylic oxidation sites excluding steroid dienone is 2. The van der Waals surface area contributed by atoms with Crippen LogP contribution in [0, 0.1) is 12.7 Å². The maximum atomic E-state index is 13.0. The molecule has 0 amide bonds. The van der Waals surface area contributed by atoms with Crippen LogP contribution in [0.5, 0.6) is 11.5 Å². The Morgan fingerprint density at radius 3 is 2.70 bits per heavy atom. The summed E-state index contributed by atoms with van der Waals surface area (Å²) in [5.41, 5.74) is 2.54. The van der Waals surface area contributed by atoms with Crippen LogP contribution in [0.3, 0.4) is 0 Å². The predicted octanol–water partition coefficient (Wildman–Crippen LogP) is 4.50. The molecule has 3 aromatic rings. The Labute approximate surface area is 157 Å². The number of benzene rings is 1. The van der Waals surface area contributed by atoms with E-state index in [1.165, 1.54) is 12.1 Å². The molecule has 138 valence electrons. The lowest BCUT2D eigenvalue weighted by Gasteiger charge is -2.06. The van der Waals surface area contributed by atoms with Gasteiger partial charge in [-0.05, 0) is 42.8 Å². The van der Waals surface area contributed by atoms with E-state index >= 15 is 0 Å². The topological polar surface area (TPSA) is 49.2 Å². The van der Waals surface area contributed by atoms with Crippen LogP contribution in [0.15, 0.2) is 61.6 Å². The third kappa shape index (κ3) is 4.61. The zero-order chi connectivity index (χ0) is 19.2. The van der Waals surface area contributed by atoms with Crippen molar-refractivity contribution < 1.29 is 13.9 Å². The van der Waals surface area contributed by atoms with Crippen LogP contribution in [-0.2, 0) is 6.61 Å². The standard InChI is InChI=1S/C21H20FN3O2/c1-4-16(17-9-21(26-3)11-23-10-17)12-25-13-19(24-15(25)2)14-27-20-7-5-18(22)6-8-20/h4-13H,1,14H2,2-3H3/b16-12+.